The number of hydrogen-bond donors (Lipinski definition) is 2. The van der Waals surface area contributed by atoms with Gasteiger partial charge in [-0.25, -0.2) is 4.68 Å². The first-order chi connectivity index (χ1) is 9.67. The Kier molecular flexibility index (Phi) is 4.38. The van der Waals surface area contributed by atoms with Crippen LogP contribution in [0.5, 0.6) is 0 Å². The molecule has 0 saturated carbocycles. The van der Waals surface area contributed by atoms with Gasteiger partial charge in [-0.15, -0.1) is 5.10 Å². The van der Waals surface area contributed by atoms with E-state index in [-0.39, 0.29) is 18.4 Å². The van der Waals surface area contributed by atoms with Gasteiger partial charge in [-0.05, 0) is 12.1 Å². The second-order valence-electron chi connectivity index (χ2n) is 3.99. The Morgan fingerprint density at radius 3 is 2.85 bits per heavy atom. The molecule has 2 heterocycles. The number of hydrogen-bond acceptors (Lipinski definition) is 5. The Morgan fingerprint density at radius 1 is 1.30 bits per heavy atom. The molecule has 104 valence electrons. The number of pyridine rings is 1. The molecule has 2 aromatic heterocycles. The molecule has 2 amide bonds. The molecule has 0 atom stereocenters. The largest absolute Gasteiger partial charge is 0.323 e. The maximum Gasteiger partial charge on any atom is 0.246 e. The van der Waals surface area contributed by atoms with Gasteiger partial charge in [-0.1, -0.05) is 12.1 Å². The van der Waals surface area contributed by atoms with Gasteiger partial charge in [0, 0.05) is 12.6 Å². The first-order valence-corrected chi connectivity index (χ1v) is 6.07. The average molecular weight is 274 g/mol. The summed E-state index contributed by atoms with van der Waals surface area (Å²) in [6.45, 7) is 1.74. The monoisotopic (exact) mass is 274 g/mol. The molecule has 0 aliphatic rings. The van der Waals surface area contributed by atoms with Crippen molar-refractivity contribution in [3.05, 3.63) is 30.7 Å². The van der Waals surface area contributed by atoms with Gasteiger partial charge >= 0.3 is 0 Å². The standard InChI is InChI=1S/C12H14N6O2/c1-2-11(19)15-10-7-18(17-16-10)8-12(20)14-9-4-3-5-13-6-9/h3-7H,2,8H2,1H3,(H,14,20)(H,15,19). The lowest BCUT2D eigenvalue weighted by molar-refractivity contribution is -0.117. The van der Waals surface area contributed by atoms with Gasteiger partial charge < -0.3 is 10.6 Å². The van der Waals surface area contributed by atoms with Crippen LogP contribution in [0.3, 0.4) is 0 Å². The van der Waals surface area contributed by atoms with Crippen LogP contribution < -0.4 is 10.6 Å². The second kappa shape index (κ2) is 6.41. The molecule has 2 N–H and O–H groups in total. The molecule has 0 fully saturated rings. The summed E-state index contributed by atoms with van der Waals surface area (Å²) in [5.41, 5.74) is 0.608. The highest BCUT2D eigenvalue weighted by atomic mass is 16.2. The van der Waals surface area contributed by atoms with Crippen molar-refractivity contribution in [1.82, 2.24) is 20.0 Å². The van der Waals surface area contributed by atoms with E-state index in [1.54, 1.807) is 31.5 Å². The summed E-state index contributed by atoms with van der Waals surface area (Å²) < 4.78 is 1.34. The third kappa shape index (κ3) is 3.87. The highest BCUT2D eigenvalue weighted by molar-refractivity contribution is 5.90. The molecule has 0 aliphatic carbocycles. The van der Waals surface area contributed by atoms with E-state index >= 15 is 0 Å². The zero-order valence-electron chi connectivity index (χ0n) is 10.9. The molecule has 0 aromatic carbocycles. The van der Waals surface area contributed by atoms with E-state index in [2.05, 4.69) is 25.9 Å². The van der Waals surface area contributed by atoms with Crippen LogP contribution >= 0.6 is 0 Å². The van der Waals surface area contributed by atoms with E-state index in [0.717, 1.165) is 0 Å². The third-order valence-corrected chi connectivity index (χ3v) is 2.38. The number of carbonyl (C=O) groups is 2. The summed E-state index contributed by atoms with van der Waals surface area (Å²) in [7, 11) is 0. The quantitative estimate of drug-likeness (QED) is 0.834. The zero-order valence-corrected chi connectivity index (χ0v) is 10.9. The molecule has 0 bridgehead atoms. The molecule has 8 heteroatoms. The van der Waals surface area contributed by atoms with Crippen LogP contribution in [0.1, 0.15) is 13.3 Å². The topological polar surface area (TPSA) is 102 Å². The predicted octanol–water partition coefficient (Wildman–Crippen LogP) is 0.660. The van der Waals surface area contributed by atoms with Crippen LogP contribution in [-0.4, -0.2) is 31.8 Å². The molecule has 0 spiro atoms. The average Bonchev–Trinajstić information content (AvgIpc) is 2.86. The van der Waals surface area contributed by atoms with Gasteiger partial charge in [0.1, 0.15) is 6.54 Å². The molecule has 0 radical (unpaired) electrons. The molecular formula is C12H14N6O2. The van der Waals surface area contributed by atoms with Crippen LogP contribution in [0.25, 0.3) is 0 Å². The summed E-state index contributed by atoms with van der Waals surface area (Å²) in [4.78, 5) is 26.8. The number of nitrogens with one attached hydrogen (secondary N) is 2. The fourth-order valence-corrected chi connectivity index (χ4v) is 1.45. The molecule has 0 unspecified atom stereocenters. The number of amides is 2. The SMILES string of the molecule is CCC(=O)Nc1cn(CC(=O)Nc2cccnc2)nn1. The molecule has 2 rings (SSSR count). The number of anilines is 2. The fraction of sp³-hybridized carbons (Fsp3) is 0.250. The van der Waals surface area contributed by atoms with Crippen LogP contribution in [0.4, 0.5) is 11.5 Å². The highest BCUT2D eigenvalue weighted by Gasteiger charge is 2.08. The van der Waals surface area contributed by atoms with Crippen molar-refractivity contribution in [2.75, 3.05) is 10.6 Å². The minimum Gasteiger partial charge on any atom is -0.323 e. The Labute approximate surface area is 115 Å². The molecule has 0 saturated heterocycles. The summed E-state index contributed by atoms with van der Waals surface area (Å²) in [6.07, 6.45) is 5.02. The number of aromatic nitrogens is 4. The lowest BCUT2D eigenvalue weighted by atomic mass is 10.4. The van der Waals surface area contributed by atoms with Gasteiger partial charge in [-0.3, -0.25) is 14.6 Å². The maximum atomic E-state index is 11.8. The van der Waals surface area contributed by atoms with E-state index in [1.165, 1.54) is 10.9 Å². The van der Waals surface area contributed by atoms with Gasteiger partial charge in [0.2, 0.25) is 11.8 Å². The lowest BCUT2D eigenvalue weighted by Crippen LogP contribution is -2.19. The lowest BCUT2D eigenvalue weighted by Gasteiger charge is -2.03. The second-order valence-corrected chi connectivity index (χ2v) is 3.99. The summed E-state index contributed by atoms with van der Waals surface area (Å²) in [5.74, 6) is -0.0841. The van der Waals surface area contributed by atoms with E-state index in [0.29, 0.717) is 17.9 Å². The summed E-state index contributed by atoms with van der Waals surface area (Å²) in [6, 6.07) is 3.46. The van der Waals surface area contributed by atoms with Crippen molar-refractivity contribution in [3.8, 4) is 0 Å². The predicted molar refractivity (Wildman–Crippen MR) is 71.8 cm³/mol. The number of carbonyl (C=O) groups excluding carboxylic acids is 2. The third-order valence-electron chi connectivity index (χ3n) is 2.38. The van der Waals surface area contributed by atoms with Crippen molar-refractivity contribution in [2.45, 2.75) is 19.9 Å². The molecule has 20 heavy (non-hydrogen) atoms. The maximum absolute atomic E-state index is 11.8. The summed E-state index contributed by atoms with van der Waals surface area (Å²) in [5, 5.41) is 12.7. The molecule has 2 aromatic rings. The van der Waals surface area contributed by atoms with Gasteiger partial charge in [0.05, 0.1) is 18.1 Å². The Balaban J connectivity index is 1.90. The Hall–Kier alpha value is -2.77. The van der Waals surface area contributed by atoms with Crippen molar-refractivity contribution >= 4 is 23.3 Å². The van der Waals surface area contributed by atoms with E-state index in [4.69, 9.17) is 0 Å². The minimum atomic E-state index is -0.253. The van der Waals surface area contributed by atoms with Crippen LogP contribution in [0.15, 0.2) is 30.7 Å². The first kappa shape index (κ1) is 13.7. The smallest absolute Gasteiger partial charge is 0.246 e. The van der Waals surface area contributed by atoms with E-state index < -0.39 is 0 Å². The van der Waals surface area contributed by atoms with E-state index in [1.807, 2.05) is 0 Å². The van der Waals surface area contributed by atoms with Crippen molar-refractivity contribution in [2.24, 2.45) is 0 Å². The number of rotatable bonds is 5. The fourth-order valence-electron chi connectivity index (χ4n) is 1.45. The van der Waals surface area contributed by atoms with E-state index in [9.17, 15) is 9.59 Å². The zero-order chi connectivity index (χ0) is 14.4. The van der Waals surface area contributed by atoms with Crippen molar-refractivity contribution in [3.63, 3.8) is 0 Å². The normalized spacial score (nSPS) is 10.1. The van der Waals surface area contributed by atoms with Gasteiger partial charge in [0.25, 0.3) is 0 Å². The Morgan fingerprint density at radius 2 is 2.15 bits per heavy atom. The molecule has 8 nitrogen and oxygen atoms in total. The number of nitrogens with zero attached hydrogens (tertiary/aromatic N) is 4. The van der Waals surface area contributed by atoms with Gasteiger partial charge in [0.15, 0.2) is 5.82 Å². The Bertz CT molecular complexity index is 595. The minimum absolute atomic E-state index is 0.00386. The van der Waals surface area contributed by atoms with Crippen LogP contribution in [-0.2, 0) is 16.1 Å². The van der Waals surface area contributed by atoms with Crippen molar-refractivity contribution < 1.29 is 9.59 Å². The highest BCUT2D eigenvalue weighted by Crippen LogP contribution is 2.04. The van der Waals surface area contributed by atoms with Crippen LogP contribution in [0, 0.1) is 0 Å². The molecule has 0 aliphatic heterocycles. The van der Waals surface area contributed by atoms with Crippen LogP contribution in [0.2, 0.25) is 0 Å². The first-order valence-electron chi connectivity index (χ1n) is 6.07. The van der Waals surface area contributed by atoms with Crippen molar-refractivity contribution in [1.29, 1.82) is 0 Å². The summed E-state index contributed by atoms with van der Waals surface area (Å²) >= 11 is 0. The molecular weight excluding hydrogens is 260 g/mol. The van der Waals surface area contributed by atoms with Gasteiger partial charge in [-0.2, -0.15) is 0 Å².